The highest BCUT2D eigenvalue weighted by atomic mass is 17.1. The third-order valence-corrected chi connectivity index (χ3v) is 4.95. The van der Waals surface area contributed by atoms with Gasteiger partial charge in [0.1, 0.15) is 5.76 Å². The van der Waals surface area contributed by atoms with E-state index < -0.39 is 9.85 Å². The summed E-state index contributed by atoms with van der Waals surface area (Å²) >= 11 is 0. The van der Waals surface area contributed by atoms with Crippen LogP contribution in [-0.2, 0) is 4.89 Å². The highest BCUT2D eigenvalue weighted by Gasteiger charge is 2.12. The molecule has 12 heteroatoms. The van der Waals surface area contributed by atoms with Crippen LogP contribution in [0.1, 0.15) is 33.4 Å². The van der Waals surface area contributed by atoms with E-state index in [1.165, 1.54) is 12.1 Å². The molecule has 0 radical (unpaired) electrons. The van der Waals surface area contributed by atoms with E-state index in [-0.39, 0.29) is 27.7 Å². The Morgan fingerprint density at radius 3 is 1.66 bits per heavy atom. The summed E-state index contributed by atoms with van der Waals surface area (Å²) in [6.45, 7) is 10.1. The van der Waals surface area contributed by atoms with Crippen LogP contribution in [0.15, 0.2) is 61.2 Å². The van der Waals surface area contributed by atoms with Crippen LogP contribution in [0.5, 0.6) is 0 Å². The maximum atomic E-state index is 10.5. The fourth-order valence-corrected chi connectivity index (χ4v) is 2.87. The molecular weight excluding hydrogens is 498 g/mol. The summed E-state index contributed by atoms with van der Waals surface area (Å²) in [5.41, 5.74) is 3.73. The second-order valence-electron chi connectivity index (χ2n) is 7.83. The third kappa shape index (κ3) is 9.40. The summed E-state index contributed by atoms with van der Waals surface area (Å²) in [6.07, 6.45) is 1.93. The number of aliphatic hydroxyl groups excluding tert-OH is 1. The fraction of sp³-hybridized carbons (Fsp3) is 0.154. The predicted octanol–water partition coefficient (Wildman–Crippen LogP) is 6.35. The third-order valence-electron chi connectivity index (χ3n) is 4.95. The monoisotopic (exact) mass is 523 g/mol. The summed E-state index contributed by atoms with van der Waals surface area (Å²) in [7, 11) is 0. The molecule has 3 rings (SSSR count). The van der Waals surface area contributed by atoms with E-state index in [9.17, 15) is 30.3 Å². The lowest BCUT2D eigenvalue weighted by atomic mass is 10.1. The van der Waals surface area contributed by atoms with Gasteiger partial charge in [0, 0.05) is 46.0 Å². The van der Waals surface area contributed by atoms with Crippen molar-refractivity contribution in [1.29, 1.82) is 0 Å². The lowest BCUT2D eigenvalue weighted by molar-refractivity contribution is -0.385. The summed E-state index contributed by atoms with van der Waals surface area (Å²) in [4.78, 5) is 33.6. The first-order valence-corrected chi connectivity index (χ1v) is 10.7. The molecule has 0 amide bonds. The van der Waals surface area contributed by atoms with Crippen molar-refractivity contribution in [2.24, 2.45) is 0 Å². The molecule has 0 spiro atoms. The molecule has 0 bridgehead atoms. The Bertz CT molecular complexity index is 1420. The van der Waals surface area contributed by atoms with Crippen molar-refractivity contribution in [1.82, 2.24) is 0 Å². The normalized spacial score (nSPS) is 9.29. The second-order valence-corrected chi connectivity index (χ2v) is 7.83. The Kier molecular flexibility index (Phi) is 11.6. The van der Waals surface area contributed by atoms with Crippen LogP contribution in [-0.4, -0.2) is 25.1 Å². The lowest BCUT2D eigenvalue weighted by Gasteiger charge is -2.00. The van der Waals surface area contributed by atoms with Gasteiger partial charge in [0.05, 0.1) is 14.8 Å². The minimum atomic E-state index is -0.486. The van der Waals surface area contributed by atoms with Crippen molar-refractivity contribution in [2.75, 3.05) is 0 Å². The van der Waals surface area contributed by atoms with Gasteiger partial charge in [-0.2, -0.15) is 5.26 Å². The molecular formula is C26H25N3O9. The summed E-state index contributed by atoms with van der Waals surface area (Å²) < 4.78 is 0. The van der Waals surface area contributed by atoms with Gasteiger partial charge in [-0.25, -0.2) is 0 Å². The SMILES string of the molecule is C=C(O)c1ccc(C)c([N+](=O)[O-])c1.Cc1ccc(C#COO)cc1[N+](=O)[O-].Cc1ccc(C)c([N+](=O)[O-])c1. The first-order chi connectivity index (χ1) is 17.8. The smallest absolute Gasteiger partial charge is 0.273 e. The zero-order valence-electron chi connectivity index (χ0n) is 21.0. The van der Waals surface area contributed by atoms with Crippen LogP contribution in [0.25, 0.3) is 5.76 Å². The van der Waals surface area contributed by atoms with Gasteiger partial charge in [-0.05, 0) is 45.2 Å². The van der Waals surface area contributed by atoms with E-state index in [1.807, 2.05) is 19.1 Å². The van der Waals surface area contributed by atoms with Gasteiger partial charge in [-0.1, -0.05) is 36.9 Å². The van der Waals surface area contributed by atoms with Gasteiger partial charge >= 0.3 is 0 Å². The van der Waals surface area contributed by atoms with Crippen LogP contribution < -0.4 is 0 Å². The summed E-state index contributed by atoms with van der Waals surface area (Å²) in [6, 6.07) is 14.2. The quantitative estimate of drug-likeness (QED) is 0.130. The van der Waals surface area contributed by atoms with E-state index in [2.05, 4.69) is 17.4 Å². The van der Waals surface area contributed by atoms with Gasteiger partial charge in [0.2, 0.25) is 0 Å². The minimum Gasteiger partial charge on any atom is -0.508 e. The van der Waals surface area contributed by atoms with Gasteiger partial charge in [0.25, 0.3) is 17.1 Å². The zero-order chi connectivity index (χ0) is 29.0. The Morgan fingerprint density at radius 2 is 1.21 bits per heavy atom. The molecule has 0 fully saturated rings. The summed E-state index contributed by atoms with van der Waals surface area (Å²) in [5, 5.41) is 48.4. The van der Waals surface area contributed by atoms with Crippen LogP contribution >= 0.6 is 0 Å². The maximum absolute atomic E-state index is 10.5. The van der Waals surface area contributed by atoms with E-state index in [1.54, 1.807) is 57.2 Å². The minimum absolute atomic E-state index is 0.00487. The van der Waals surface area contributed by atoms with E-state index in [0.717, 1.165) is 5.56 Å². The first-order valence-electron chi connectivity index (χ1n) is 10.7. The Morgan fingerprint density at radius 1 is 0.763 bits per heavy atom. The molecule has 0 aliphatic rings. The molecule has 3 aromatic rings. The molecule has 38 heavy (non-hydrogen) atoms. The molecule has 198 valence electrons. The van der Waals surface area contributed by atoms with Crippen molar-refractivity contribution >= 4 is 22.8 Å². The number of rotatable bonds is 4. The van der Waals surface area contributed by atoms with Crippen molar-refractivity contribution in [3.63, 3.8) is 0 Å². The Balaban J connectivity index is 0.000000287. The van der Waals surface area contributed by atoms with Crippen molar-refractivity contribution < 1.29 is 30.0 Å². The van der Waals surface area contributed by atoms with Crippen molar-refractivity contribution in [2.45, 2.75) is 27.7 Å². The number of hydrogen-bond donors (Lipinski definition) is 2. The largest absolute Gasteiger partial charge is 0.508 e. The van der Waals surface area contributed by atoms with Gasteiger partial charge in [-0.3, -0.25) is 35.2 Å². The van der Waals surface area contributed by atoms with Crippen molar-refractivity contribution in [3.8, 4) is 12.0 Å². The first kappa shape index (κ1) is 30.8. The Hall–Kier alpha value is -5.28. The number of benzene rings is 3. The molecule has 0 aliphatic carbocycles. The Labute approximate surface area is 217 Å². The van der Waals surface area contributed by atoms with E-state index >= 15 is 0 Å². The number of nitro benzene ring substituents is 3. The van der Waals surface area contributed by atoms with Crippen LogP contribution in [0.4, 0.5) is 17.1 Å². The number of aliphatic hydroxyl groups is 1. The highest BCUT2D eigenvalue weighted by Crippen LogP contribution is 2.22. The topological polar surface area (TPSA) is 179 Å². The van der Waals surface area contributed by atoms with Gasteiger partial charge < -0.3 is 5.11 Å². The number of nitro groups is 3. The summed E-state index contributed by atoms with van der Waals surface area (Å²) in [5.74, 6) is 2.23. The van der Waals surface area contributed by atoms with Crippen LogP contribution in [0.3, 0.4) is 0 Å². The molecule has 12 nitrogen and oxygen atoms in total. The molecule has 0 saturated heterocycles. The van der Waals surface area contributed by atoms with E-state index in [0.29, 0.717) is 27.8 Å². The molecule has 0 heterocycles. The van der Waals surface area contributed by atoms with Crippen LogP contribution in [0.2, 0.25) is 0 Å². The predicted molar refractivity (Wildman–Crippen MR) is 140 cm³/mol. The molecule has 0 saturated carbocycles. The number of aryl methyl sites for hydroxylation is 4. The molecule has 0 aromatic heterocycles. The maximum Gasteiger partial charge on any atom is 0.273 e. The average Bonchev–Trinajstić information content (AvgIpc) is 2.85. The molecule has 2 N–H and O–H groups in total. The zero-order valence-corrected chi connectivity index (χ0v) is 21.0. The lowest BCUT2D eigenvalue weighted by Crippen LogP contribution is -1.93. The second kappa shape index (κ2) is 14.3. The molecule has 3 aromatic carbocycles. The number of nitrogens with zero attached hydrogens (tertiary/aromatic N) is 3. The highest BCUT2D eigenvalue weighted by molar-refractivity contribution is 5.60. The van der Waals surface area contributed by atoms with Gasteiger partial charge in [0.15, 0.2) is 6.11 Å². The van der Waals surface area contributed by atoms with Gasteiger partial charge in [-0.15, -0.1) is 0 Å². The molecule has 0 aliphatic heterocycles. The standard InChI is InChI=1S/C9H7NO4.C9H9NO3.C8H9NO2/c1-7-2-3-8(4-5-14-13)6-9(7)10(11)12;1-6-3-4-8(7(2)11)5-9(6)10(12)13;1-6-3-4-7(2)8(5-6)9(10)11/h2-3,6,13H,1H3;3-5,11H,2H2,1H3;3-5H,1-2H3. The molecule has 0 unspecified atom stereocenters. The fourth-order valence-electron chi connectivity index (χ4n) is 2.87. The van der Waals surface area contributed by atoms with Crippen LogP contribution in [0, 0.1) is 70.1 Å². The number of hydrogen-bond acceptors (Lipinski definition) is 9. The van der Waals surface area contributed by atoms with E-state index in [4.69, 9.17) is 10.4 Å². The molecule has 0 atom stereocenters. The van der Waals surface area contributed by atoms with Crippen molar-refractivity contribution in [3.05, 3.63) is 125 Å². The average molecular weight is 523 g/mol.